The van der Waals surface area contributed by atoms with Gasteiger partial charge < -0.3 is 5.32 Å². The molecule has 0 bridgehead atoms. The van der Waals surface area contributed by atoms with Gasteiger partial charge in [-0.3, -0.25) is 4.79 Å². The predicted molar refractivity (Wildman–Crippen MR) is 53.9 cm³/mol. The summed E-state index contributed by atoms with van der Waals surface area (Å²) in [6, 6.07) is 5.98. The molecule has 0 atom stereocenters. The number of hydrogen-bond donors (Lipinski definition) is 1. The van der Waals surface area contributed by atoms with E-state index in [1.165, 1.54) is 0 Å². The molecule has 0 heterocycles. The molecule has 0 unspecified atom stereocenters. The number of aryl methyl sites for hydroxylation is 1. The number of rotatable bonds is 3. The molecule has 0 aliphatic rings. The largest absolute Gasteiger partial charge is 0.316 e. The van der Waals surface area contributed by atoms with Crippen molar-refractivity contribution in [3.63, 3.8) is 0 Å². The fraction of sp³-hybridized carbons (Fsp3) is 0.364. The third kappa shape index (κ3) is 2.39. The zero-order valence-electron chi connectivity index (χ0n) is 8.35. The smallest absolute Gasteiger partial charge is 0.160 e. The van der Waals surface area contributed by atoms with Gasteiger partial charge in [0.2, 0.25) is 0 Å². The van der Waals surface area contributed by atoms with E-state index in [9.17, 15) is 4.79 Å². The van der Waals surface area contributed by atoms with E-state index in [0.29, 0.717) is 0 Å². The second kappa shape index (κ2) is 4.19. The number of ketones is 1. The van der Waals surface area contributed by atoms with Crippen LogP contribution in [0.5, 0.6) is 0 Å². The lowest BCUT2D eigenvalue weighted by atomic mass is 10.0. The Morgan fingerprint density at radius 3 is 2.69 bits per heavy atom. The maximum atomic E-state index is 11.2. The number of carbonyl (C=O) groups excluding carboxylic acids is 1. The maximum Gasteiger partial charge on any atom is 0.160 e. The fourth-order valence-electron chi connectivity index (χ4n) is 1.36. The van der Waals surface area contributed by atoms with Crippen LogP contribution >= 0.6 is 0 Å². The Bertz CT molecular complexity index is 318. The minimum atomic E-state index is 0.135. The van der Waals surface area contributed by atoms with E-state index in [-0.39, 0.29) is 5.78 Å². The SMILES string of the molecule is CNCc1ccc(C)c(C(C)=O)c1. The van der Waals surface area contributed by atoms with Gasteiger partial charge in [-0.1, -0.05) is 12.1 Å². The first-order valence-corrected chi connectivity index (χ1v) is 4.40. The van der Waals surface area contributed by atoms with Crippen molar-refractivity contribution in [1.82, 2.24) is 5.32 Å². The summed E-state index contributed by atoms with van der Waals surface area (Å²) in [6.45, 7) is 4.37. The van der Waals surface area contributed by atoms with Gasteiger partial charge >= 0.3 is 0 Å². The molecule has 70 valence electrons. The van der Waals surface area contributed by atoms with Crippen molar-refractivity contribution >= 4 is 5.78 Å². The minimum absolute atomic E-state index is 0.135. The highest BCUT2D eigenvalue weighted by molar-refractivity contribution is 5.95. The van der Waals surface area contributed by atoms with Gasteiger partial charge in [0.25, 0.3) is 0 Å². The Kier molecular flexibility index (Phi) is 3.20. The minimum Gasteiger partial charge on any atom is -0.316 e. The molecule has 1 aromatic rings. The van der Waals surface area contributed by atoms with Crippen molar-refractivity contribution in [2.75, 3.05) is 7.05 Å². The van der Waals surface area contributed by atoms with E-state index < -0.39 is 0 Å². The third-order valence-electron chi connectivity index (χ3n) is 2.06. The van der Waals surface area contributed by atoms with Crippen LogP contribution in [-0.4, -0.2) is 12.8 Å². The van der Waals surface area contributed by atoms with Crippen LogP contribution < -0.4 is 5.32 Å². The first-order valence-electron chi connectivity index (χ1n) is 4.40. The van der Waals surface area contributed by atoms with E-state index in [2.05, 4.69) is 5.32 Å². The lowest BCUT2D eigenvalue weighted by Crippen LogP contribution is -2.06. The molecule has 0 aliphatic carbocycles. The van der Waals surface area contributed by atoms with Gasteiger partial charge in [-0.2, -0.15) is 0 Å². The highest BCUT2D eigenvalue weighted by Crippen LogP contribution is 2.11. The average Bonchev–Trinajstić information content (AvgIpc) is 2.08. The molecular formula is C11H15NO. The number of nitrogens with one attached hydrogen (secondary N) is 1. The zero-order chi connectivity index (χ0) is 9.84. The van der Waals surface area contributed by atoms with Gasteiger partial charge in [0.1, 0.15) is 0 Å². The molecule has 0 saturated heterocycles. The molecule has 13 heavy (non-hydrogen) atoms. The molecule has 0 fully saturated rings. The highest BCUT2D eigenvalue weighted by atomic mass is 16.1. The van der Waals surface area contributed by atoms with Crippen molar-refractivity contribution in [1.29, 1.82) is 0 Å². The van der Waals surface area contributed by atoms with Gasteiger partial charge in [0.15, 0.2) is 5.78 Å². The van der Waals surface area contributed by atoms with E-state index in [1.54, 1.807) is 6.92 Å². The number of Topliss-reactive ketones (excluding diaryl/α,β-unsaturated/α-hetero) is 1. The topological polar surface area (TPSA) is 29.1 Å². The fourth-order valence-corrected chi connectivity index (χ4v) is 1.36. The van der Waals surface area contributed by atoms with Gasteiger partial charge in [0.05, 0.1) is 0 Å². The van der Waals surface area contributed by atoms with Crippen molar-refractivity contribution in [3.8, 4) is 0 Å². The van der Waals surface area contributed by atoms with Crippen LogP contribution in [-0.2, 0) is 6.54 Å². The van der Waals surface area contributed by atoms with Gasteiger partial charge in [-0.25, -0.2) is 0 Å². The van der Waals surface area contributed by atoms with E-state index in [4.69, 9.17) is 0 Å². The van der Waals surface area contributed by atoms with Crippen LogP contribution in [0, 0.1) is 6.92 Å². The molecule has 2 heteroatoms. The normalized spacial score (nSPS) is 10.1. The van der Waals surface area contributed by atoms with Crippen molar-refractivity contribution in [2.24, 2.45) is 0 Å². The summed E-state index contributed by atoms with van der Waals surface area (Å²) in [4.78, 5) is 11.2. The third-order valence-corrected chi connectivity index (χ3v) is 2.06. The summed E-state index contributed by atoms with van der Waals surface area (Å²) < 4.78 is 0. The molecular weight excluding hydrogens is 162 g/mol. The summed E-state index contributed by atoms with van der Waals surface area (Å²) in [5, 5.41) is 3.06. The van der Waals surface area contributed by atoms with Crippen molar-refractivity contribution < 1.29 is 4.79 Å². The number of benzene rings is 1. The van der Waals surface area contributed by atoms with Crippen molar-refractivity contribution in [3.05, 3.63) is 34.9 Å². The Balaban J connectivity index is 3.04. The Labute approximate surface area is 79.0 Å². The highest BCUT2D eigenvalue weighted by Gasteiger charge is 2.03. The Hall–Kier alpha value is -1.15. The van der Waals surface area contributed by atoms with Crippen LogP contribution in [0.4, 0.5) is 0 Å². The number of hydrogen-bond acceptors (Lipinski definition) is 2. The maximum absolute atomic E-state index is 11.2. The Morgan fingerprint density at radius 1 is 1.46 bits per heavy atom. The first kappa shape index (κ1) is 9.93. The molecule has 0 spiro atoms. The average molecular weight is 177 g/mol. The molecule has 1 N–H and O–H groups in total. The second-order valence-corrected chi connectivity index (χ2v) is 3.24. The molecule has 1 rings (SSSR count). The lowest BCUT2D eigenvalue weighted by molar-refractivity contribution is 0.101. The molecule has 0 amide bonds. The van der Waals surface area contributed by atoms with Gasteiger partial charge in [-0.05, 0) is 38.1 Å². The van der Waals surface area contributed by atoms with E-state index >= 15 is 0 Å². The van der Waals surface area contributed by atoms with E-state index in [0.717, 1.165) is 23.2 Å². The molecule has 0 aromatic heterocycles. The van der Waals surface area contributed by atoms with Crippen molar-refractivity contribution in [2.45, 2.75) is 20.4 Å². The summed E-state index contributed by atoms with van der Waals surface area (Å²) >= 11 is 0. The summed E-state index contributed by atoms with van der Waals surface area (Å²) in [6.07, 6.45) is 0. The quantitative estimate of drug-likeness (QED) is 0.715. The Morgan fingerprint density at radius 2 is 2.15 bits per heavy atom. The molecule has 0 aliphatic heterocycles. The number of carbonyl (C=O) groups is 1. The summed E-state index contributed by atoms with van der Waals surface area (Å²) in [5.41, 5.74) is 3.03. The molecule has 0 saturated carbocycles. The second-order valence-electron chi connectivity index (χ2n) is 3.24. The zero-order valence-corrected chi connectivity index (χ0v) is 8.35. The predicted octanol–water partition coefficient (Wildman–Crippen LogP) is 1.92. The van der Waals surface area contributed by atoms with Crippen LogP contribution in [0.25, 0.3) is 0 Å². The molecule has 1 aromatic carbocycles. The van der Waals surface area contributed by atoms with Crippen LogP contribution in [0.1, 0.15) is 28.4 Å². The van der Waals surface area contributed by atoms with Gasteiger partial charge in [-0.15, -0.1) is 0 Å². The van der Waals surface area contributed by atoms with Crippen LogP contribution in [0.3, 0.4) is 0 Å². The van der Waals surface area contributed by atoms with Crippen LogP contribution in [0.15, 0.2) is 18.2 Å². The monoisotopic (exact) mass is 177 g/mol. The standard InChI is InChI=1S/C11H15NO/c1-8-4-5-10(7-12-3)6-11(8)9(2)13/h4-6,12H,7H2,1-3H3. The molecule has 2 nitrogen and oxygen atoms in total. The summed E-state index contributed by atoms with van der Waals surface area (Å²) in [7, 11) is 1.90. The molecule has 0 radical (unpaired) electrons. The first-order chi connectivity index (χ1) is 6.15. The van der Waals surface area contributed by atoms with Crippen LogP contribution in [0.2, 0.25) is 0 Å². The van der Waals surface area contributed by atoms with E-state index in [1.807, 2.05) is 32.2 Å². The lowest BCUT2D eigenvalue weighted by Gasteiger charge is -2.05. The van der Waals surface area contributed by atoms with Gasteiger partial charge in [0, 0.05) is 12.1 Å². The summed E-state index contributed by atoms with van der Waals surface area (Å²) in [5.74, 6) is 0.135.